The van der Waals surface area contributed by atoms with Crippen molar-refractivity contribution in [1.82, 2.24) is 15.5 Å². The van der Waals surface area contributed by atoms with Crippen molar-refractivity contribution < 1.29 is 23.2 Å². The quantitative estimate of drug-likeness (QED) is 0.748. The van der Waals surface area contributed by atoms with E-state index >= 15 is 0 Å². The lowest BCUT2D eigenvalue weighted by atomic mass is 10.1. The van der Waals surface area contributed by atoms with Crippen LogP contribution in [0.2, 0.25) is 0 Å². The third-order valence-corrected chi connectivity index (χ3v) is 5.02. The number of carbonyl (C=O) groups excluding carboxylic acids is 3. The molecule has 1 aliphatic carbocycles. The first-order valence-corrected chi connectivity index (χ1v) is 9.95. The molecular weight excluding hydrogens is 382 g/mol. The number of nitrogens with one attached hydrogen (secondary N) is 2. The molecule has 4 rings (SSSR count). The summed E-state index contributed by atoms with van der Waals surface area (Å²) in [6, 6.07) is 2.05. The van der Waals surface area contributed by atoms with E-state index in [1.54, 1.807) is 4.90 Å². The molecule has 29 heavy (non-hydrogen) atoms. The molecule has 0 spiro atoms. The molecule has 1 unspecified atom stereocenters. The predicted molar refractivity (Wildman–Crippen MR) is 103 cm³/mol. The number of hydrogen-bond donors (Lipinski definition) is 2. The minimum absolute atomic E-state index is 0.108. The number of imide groups is 1. The summed E-state index contributed by atoms with van der Waals surface area (Å²) in [5.74, 6) is -1.81. The standard InChI is InChI=1S/C17H20F2N4O3.C3H6/c1-10-9-22(15(24)3-2-14-16(25)21-17(26)20-14)4-5-23(10)13-7-11(18)6-12(19)8-13;1-2-3-1/h6-8,10,14H,2-5,9H2,1H3,(H2,20,21,25,26);1-3H2/t10-,14?;/m1./s1. The van der Waals surface area contributed by atoms with Crippen molar-refractivity contribution in [2.45, 2.75) is 51.1 Å². The summed E-state index contributed by atoms with van der Waals surface area (Å²) in [4.78, 5) is 38.5. The summed E-state index contributed by atoms with van der Waals surface area (Å²) in [6.45, 7) is 3.17. The topological polar surface area (TPSA) is 81.8 Å². The minimum atomic E-state index is -0.680. The molecule has 4 amide bonds. The Bertz CT molecular complexity index is 764. The summed E-state index contributed by atoms with van der Waals surface area (Å²) in [5.41, 5.74) is 0.451. The average Bonchev–Trinajstić information content (AvgIpc) is 3.49. The molecule has 3 aliphatic rings. The molecule has 3 fully saturated rings. The molecule has 7 nitrogen and oxygen atoms in total. The first-order valence-electron chi connectivity index (χ1n) is 9.95. The summed E-state index contributed by atoms with van der Waals surface area (Å²) >= 11 is 0. The number of nitrogens with zero attached hydrogens (tertiary/aromatic N) is 2. The molecule has 2 N–H and O–H groups in total. The Kier molecular flexibility index (Phi) is 6.66. The van der Waals surface area contributed by atoms with Gasteiger partial charge in [-0.2, -0.15) is 0 Å². The zero-order valence-electron chi connectivity index (χ0n) is 16.4. The van der Waals surface area contributed by atoms with Gasteiger partial charge in [0.2, 0.25) is 5.91 Å². The minimum Gasteiger partial charge on any atom is -0.365 e. The van der Waals surface area contributed by atoms with Gasteiger partial charge in [-0.15, -0.1) is 0 Å². The van der Waals surface area contributed by atoms with Crippen LogP contribution < -0.4 is 15.5 Å². The molecule has 1 saturated carbocycles. The van der Waals surface area contributed by atoms with E-state index in [1.807, 2.05) is 11.8 Å². The average molecular weight is 408 g/mol. The van der Waals surface area contributed by atoms with Crippen LogP contribution in [-0.4, -0.2) is 54.5 Å². The maximum absolute atomic E-state index is 13.4. The number of halogens is 2. The Morgan fingerprint density at radius 2 is 1.76 bits per heavy atom. The molecule has 2 heterocycles. The van der Waals surface area contributed by atoms with Gasteiger partial charge >= 0.3 is 6.03 Å². The van der Waals surface area contributed by atoms with Gasteiger partial charge in [0.15, 0.2) is 0 Å². The van der Waals surface area contributed by atoms with E-state index < -0.39 is 29.6 Å². The Morgan fingerprint density at radius 3 is 2.28 bits per heavy atom. The van der Waals surface area contributed by atoms with E-state index in [-0.39, 0.29) is 24.8 Å². The van der Waals surface area contributed by atoms with E-state index in [1.165, 1.54) is 31.4 Å². The van der Waals surface area contributed by atoms with Crippen LogP contribution >= 0.6 is 0 Å². The van der Waals surface area contributed by atoms with Gasteiger partial charge in [0.05, 0.1) is 0 Å². The summed E-state index contributed by atoms with van der Waals surface area (Å²) in [5, 5.41) is 4.59. The largest absolute Gasteiger partial charge is 0.365 e. The molecule has 1 aromatic carbocycles. The fourth-order valence-corrected chi connectivity index (χ4v) is 3.36. The Hall–Kier alpha value is -2.71. The second-order valence-electron chi connectivity index (χ2n) is 7.62. The van der Waals surface area contributed by atoms with E-state index in [0.29, 0.717) is 25.3 Å². The van der Waals surface area contributed by atoms with Crippen molar-refractivity contribution in [2.75, 3.05) is 24.5 Å². The normalized spacial score (nSPS) is 23.1. The lowest BCUT2D eigenvalue weighted by Crippen LogP contribution is -2.54. The highest BCUT2D eigenvalue weighted by Crippen LogP contribution is 2.23. The van der Waals surface area contributed by atoms with Gasteiger partial charge in [-0.3, -0.25) is 14.9 Å². The van der Waals surface area contributed by atoms with Gasteiger partial charge in [0.25, 0.3) is 5.91 Å². The number of hydrogen-bond acceptors (Lipinski definition) is 4. The van der Waals surface area contributed by atoms with Crippen LogP contribution in [-0.2, 0) is 9.59 Å². The third-order valence-electron chi connectivity index (χ3n) is 5.02. The maximum Gasteiger partial charge on any atom is 0.322 e. The van der Waals surface area contributed by atoms with Crippen molar-refractivity contribution in [3.05, 3.63) is 29.8 Å². The molecule has 9 heteroatoms. The molecule has 1 aromatic rings. The van der Waals surface area contributed by atoms with Crippen LogP contribution in [0.3, 0.4) is 0 Å². The summed E-state index contributed by atoms with van der Waals surface area (Å²) in [6.07, 6.45) is 4.87. The van der Waals surface area contributed by atoms with Crippen molar-refractivity contribution in [1.29, 1.82) is 0 Å². The van der Waals surface area contributed by atoms with Crippen molar-refractivity contribution in [3.63, 3.8) is 0 Å². The van der Waals surface area contributed by atoms with E-state index in [4.69, 9.17) is 0 Å². The number of carbonyl (C=O) groups is 3. The lowest BCUT2D eigenvalue weighted by molar-refractivity contribution is -0.132. The number of rotatable bonds is 4. The molecule has 2 saturated heterocycles. The zero-order chi connectivity index (χ0) is 21.0. The van der Waals surface area contributed by atoms with Crippen LogP contribution in [0.15, 0.2) is 18.2 Å². The number of urea groups is 1. The number of anilines is 1. The van der Waals surface area contributed by atoms with Gasteiger partial charge < -0.3 is 15.1 Å². The predicted octanol–water partition coefficient (Wildman–Crippen LogP) is 2.16. The fraction of sp³-hybridized carbons (Fsp3) is 0.550. The zero-order valence-corrected chi connectivity index (χ0v) is 16.4. The van der Waals surface area contributed by atoms with Gasteiger partial charge in [-0.05, 0) is 25.5 Å². The van der Waals surface area contributed by atoms with Gasteiger partial charge in [-0.25, -0.2) is 13.6 Å². The fourth-order valence-electron chi connectivity index (χ4n) is 3.36. The van der Waals surface area contributed by atoms with Crippen LogP contribution in [0.5, 0.6) is 0 Å². The monoisotopic (exact) mass is 408 g/mol. The molecule has 158 valence electrons. The van der Waals surface area contributed by atoms with Gasteiger partial charge in [0, 0.05) is 43.9 Å². The molecule has 0 aromatic heterocycles. The molecule has 2 aliphatic heterocycles. The second kappa shape index (κ2) is 9.19. The smallest absolute Gasteiger partial charge is 0.322 e. The molecule has 0 radical (unpaired) electrons. The number of benzene rings is 1. The Balaban J connectivity index is 0.000000732. The molecular formula is C20H26F2N4O3. The Morgan fingerprint density at radius 1 is 1.10 bits per heavy atom. The van der Waals surface area contributed by atoms with E-state index in [2.05, 4.69) is 10.6 Å². The highest BCUT2D eigenvalue weighted by molar-refractivity contribution is 6.04. The summed E-state index contributed by atoms with van der Waals surface area (Å²) < 4.78 is 26.9. The van der Waals surface area contributed by atoms with E-state index in [9.17, 15) is 23.2 Å². The molecule has 2 atom stereocenters. The molecule has 0 bridgehead atoms. The number of amides is 4. The maximum atomic E-state index is 13.4. The van der Waals surface area contributed by atoms with Crippen molar-refractivity contribution in [2.24, 2.45) is 0 Å². The van der Waals surface area contributed by atoms with Gasteiger partial charge in [0.1, 0.15) is 17.7 Å². The van der Waals surface area contributed by atoms with Crippen molar-refractivity contribution >= 4 is 23.5 Å². The number of piperazine rings is 1. The van der Waals surface area contributed by atoms with Crippen molar-refractivity contribution in [3.8, 4) is 0 Å². The lowest BCUT2D eigenvalue weighted by Gasteiger charge is -2.41. The second-order valence-corrected chi connectivity index (χ2v) is 7.62. The highest BCUT2D eigenvalue weighted by Gasteiger charge is 2.31. The summed E-state index contributed by atoms with van der Waals surface area (Å²) in [7, 11) is 0. The van der Waals surface area contributed by atoms with Crippen LogP contribution in [0.1, 0.15) is 39.0 Å². The third kappa shape index (κ3) is 5.88. The van der Waals surface area contributed by atoms with Crippen LogP contribution in [0.4, 0.5) is 19.3 Å². The first kappa shape index (κ1) is 21.0. The van der Waals surface area contributed by atoms with Crippen LogP contribution in [0.25, 0.3) is 0 Å². The SMILES string of the molecule is C1CC1.C[C@@H]1CN(C(=O)CCC2NC(=O)NC2=O)CCN1c1cc(F)cc(F)c1. The van der Waals surface area contributed by atoms with Gasteiger partial charge in [-0.1, -0.05) is 19.3 Å². The highest BCUT2D eigenvalue weighted by atomic mass is 19.1. The first-order chi connectivity index (χ1) is 13.8. The Labute approximate surface area is 168 Å². The van der Waals surface area contributed by atoms with E-state index in [0.717, 1.165) is 6.07 Å². The van der Waals surface area contributed by atoms with Crippen LogP contribution in [0, 0.1) is 11.6 Å².